The molecule has 5 nitrogen and oxygen atoms in total. The zero-order valence-electron chi connectivity index (χ0n) is 12.6. The highest BCUT2D eigenvalue weighted by Crippen LogP contribution is 2.27. The van der Waals surface area contributed by atoms with Gasteiger partial charge in [-0.1, -0.05) is 23.7 Å². The van der Waals surface area contributed by atoms with Gasteiger partial charge in [0.1, 0.15) is 29.5 Å². The molecule has 124 valence electrons. The van der Waals surface area contributed by atoms with Crippen molar-refractivity contribution in [2.24, 2.45) is 0 Å². The average molecular weight is 358 g/mol. The molecule has 0 saturated heterocycles. The first kappa shape index (κ1) is 15.5. The van der Waals surface area contributed by atoms with Gasteiger partial charge in [0.15, 0.2) is 5.65 Å². The molecule has 0 bridgehead atoms. The van der Waals surface area contributed by atoms with Crippen molar-refractivity contribution in [2.45, 2.75) is 0 Å². The Labute approximate surface area is 145 Å². The molecule has 0 radical (unpaired) electrons. The van der Waals surface area contributed by atoms with E-state index in [1.807, 2.05) is 0 Å². The maximum absolute atomic E-state index is 14.0. The minimum absolute atomic E-state index is 0.00245. The van der Waals surface area contributed by atoms with Gasteiger partial charge in [-0.25, -0.2) is 23.4 Å². The molecule has 25 heavy (non-hydrogen) atoms. The van der Waals surface area contributed by atoms with E-state index in [-0.39, 0.29) is 10.7 Å². The summed E-state index contributed by atoms with van der Waals surface area (Å²) in [5, 5.41) is 7.84. The number of halogens is 3. The Morgan fingerprint density at radius 1 is 1.00 bits per heavy atom. The van der Waals surface area contributed by atoms with Crippen LogP contribution in [0, 0.1) is 11.6 Å². The highest BCUT2D eigenvalue weighted by Gasteiger charge is 2.14. The molecule has 2 aromatic carbocycles. The summed E-state index contributed by atoms with van der Waals surface area (Å²) >= 11 is 5.79. The Kier molecular flexibility index (Phi) is 3.77. The molecule has 0 amide bonds. The lowest BCUT2D eigenvalue weighted by Crippen LogP contribution is -2.01. The standard InChI is InChI=1S/C17H10ClF2N5/c18-12-7-10(5-6-13(12)19)24-16-11-8-23-25(17(11)22-9-21-16)15-4-2-1-3-14(15)20/h1-9H,(H,21,22,24). The molecule has 0 aliphatic carbocycles. The van der Waals surface area contributed by atoms with Crippen molar-refractivity contribution >= 4 is 34.1 Å². The molecular formula is C17H10ClF2N5. The molecule has 2 aromatic heterocycles. The molecule has 8 heteroatoms. The summed E-state index contributed by atoms with van der Waals surface area (Å²) < 4.78 is 28.7. The normalized spacial score (nSPS) is 11.0. The molecule has 0 saturated carbocycles. The van der Waals surface area contributed by atoms with Crippen LogP contribution in [0.2, 0.25) is 5.02 Å². The van der Waals surface area contributed by atoms with Crippen LogP contribution in [0.25, 0.3) is 16.7 Å². The van der Waals surface area contributed by atoms with E-state index in [9.17, 15) is 8.78 Å². The van der Waals surface area contributed by atoms with Gasteiger partial charge in [-0.2, -0.15) is 5.10 Å². The predicted molar refractivity (Wildman–Crippen MR) is 91.3 cm³/mol. The number of hydrogen-bond donors (Lipinski definition) is 1. The fraction of sp³-hybridized carbons (Fsp3) is 0. The lowest BCUT2D eigenvalue weighted by Gasteiger charge is -2.08. The molecule has 0 aliphatic rings. The van der Waals surface area contributed by atoms with Crippen LogP contribution in [0.5, 0.6) is 0 Å². The first-order chi connectivity index (χ1) is 12.1. The summed E-state index contributed by atoms with van der Waals surface area (Å²) in [6, 6.07) is 10.5. The van der Waals surface area contributed by atoms with Crippen molar-refractivity contribution in [3.8, 4) is 5.69 Å². The zero-order valence-corrected chi connectivity index (χ0v) is 13.4. The molecule has 4 aromatic rings. The van der Waals surface area contributed by atoms with Crippen LogP contribution in [-0.2, 0) is 0 Å². The van der Waals surface area contributed by atoms with Crippen LogP contribution in [0.15, 0.2) is 55.0 Å². The zero-order chi connectivity index (χ0) is 17.4. The van der Waals surface area contributed by atoms with Gasteiger partial charge in [-0.15, -0.1) is 0 Å². The van der Waals surface area contributed by atoms with Crippen LogP contribution in [0.3, 0.4) is 0 Å². The Balaban J connectivity index is 1.79. The van der Waals surface area contributed by atoms with Crippen LogP contribution >= 0.6 is 11.6 Å². The van der Waals surface area contributed by atoms with Gasteiger partial charge in [0, 0.05) is 5.69 Å². The number of benzene rings is 2. The lowest BCUT2D eigenvalue weighted by molar-refractivity contribution is 0.612. The molecule has 0 fully saturated rings. The second kappa shape index (κ2) is 6.10. The van der Waals surface area contributed by atoms with E-state index < -0.39 is 11.6 Å². The first-order valence-electron chi connectivity index (χ1n) is 7.29. The van der Waals surface area contributed by atoms with Crippen molar-refractivity contribution in [1.82, 2.24) is 19.7 Å². The second-order valence-corrected chi connectivity index (χ2v) is 5.63. The molecule has 0 aliphatic heterocycles. The summed E-state index contributed by atoms with van der Waals surface area (Å²) in [6.45, 7) is 0. The number of nitrogens with one attached hydrogen (secondary N) is 1. The minimum Gasteiger partial charge on any atom is -0.339 e. The third-order valence-corrected chi connectivity index (χ3v) is 3.92. The predicted octanol–water partition coefficient (Wildman–Crippen LogP) is 4.49. The Bertz CT molecular complexity index is 1080. The molecule has 0 unspecified atom stereocenters. The Morgan fingerprint density at radius 3 is 2.64 bits per heavy atom. The summed E-state index contributed by atoms with van der Waals surface area (Å²) in [5.41, 5.74) is 1.29. The van der Waals surface area contributed by atoms with E-state index in [2.05, 4.69) is 20.4 Å². The third kappa shape index (κ3) is 2.78. The first-order valence-corrected chi connectivity index (χ1v) is 7.67. The van der Waals surface area contributed by atoms with Gasteiger partial charge < -0.3 is 5.32 Å². The van der Waals surface area contributed by atoms with Crippen molar-refractivity contribution in [2.75, 3.05) is 5.32 Å². The summed E-state index contributed by atoms with van der Waals surface area (Å²) in [6.07, 6.45) is 2.88. The smallest absolute Gasteiger partial charge is 0.168 e. The topological polar surface area (TPSA) is 55.6 Å². The number of aromatic nitrogens is 4. The third-order valence-electron chi connectivity index (χ3n) is 3.63. The highest BCUT2D eigenvalue weighted by atomic mass is 35.5. The number of nitrogens with zero attached hydrogens (tertiary/aromatic N) is 4. The van der Waals surface area contributed by atoms with Gasteiger partial charge in [0.05, 0.1) is 16.6 Å². The van der Waals surface area contributed by atoms with E-state index in [0.29, 0.717) is 22.5 Å². The molecule has 0 spiro atoms. The fourth-order valence-electron chi connectivity index (χ4n) is 2.45. The number of fused-ring (bicyclic) bond motifs is 1. The van der Waals surface area contributed by atoms with Crippen LogP contribution < -0.4 is 5.32 Å². The number of anilines is 2. The van der Waals surface area contributed by atoms with Gasteiger partial charge in [0.2, 0.25) is 0 Å². The Hall–Kier alpha value is -3.06. The maximum Gasteiger partial charge on any atom is 0.168 e. The maximum atomic E-state index is 14.0. The Morgan fingerprint density at radius 2 is 1.84 bits per heavy atom. The monoisotopic (exact) mass is 357 g/mol. The van der Waals surface area contributed by atoms with Crippen molar-refractivity contribution in [3.05, 3.63) is 71.6 Å². The molecule has 4 rings (SSSR count). The van der Waals surface area contributed by atoms with Crippen molar-refractivity contribution < 1.29 is 8.78 Å². The van der Waals surface area contributed by atoms with Crippen molar-refractivity contribution in [3.63, 3.8) is 0 Å². The highest BCUT2D eigenvalue weighted by molar-refractivity contribution is 6.31. The SMILES string of the molecule is Fc1ccc(Nc2ncnc3c2cnn3-c2ccccc2F)cc1Cl. The van der Waals surface area contributed by atoms with E-state index >= 15 is 0 Å². The second-order valence-electron chi connectivity index (χ2n) is 5.22. The summed E-state index contributed by atoms with van der Waals surface area (Å²) in [5.74, 6) is -0.464. The molecule has 0 atom stereocenters. The van der Waals surface area contributed by atoms with E-state index in [1.54, 1.807) is 18.2 Å². The largest absolute Gasteiger partial charge is 0.339 e. The average Bonchev–Trinajstić information content (AvgIpc) is 3.04. The van der Waals surface area contributed by atoms with Gasteiger partial charge in [0.25, 0.3) is 0 Å². The minimum atomic E-state index is -0.507. The lowest BCUT2D eigenvalue weighted by atomic mass is 10.3. The van der Waals surface area contributed by atoms with Crippen LogP contribution in [0.4, 0.5) is 20.3 Å². The molecular weight excluding hydrogens is 348 g/mol. The van der Waals surface area contributed by atoms with Crippen molar-refractivity contribution in [1.29, 1.82) is 0 Å². The molecule has 2 heterocycles. The van der Waals surface area contributed by atoms with Crippen LogP contribution in [0.1, 0.15) is 0 Å². The molecule has 1 N–H and O–H groups in total. The quantitative estimate of drug-likeness (QED) is 0.587. The number of para-hydroxylation sites is 1. The number of hydrogen-bond acceptors (Lipinski definition) is 4. The van der Waals surface area contributed by atoms with Gasteiger partial charge >= 0.3 is 0 Å². The van der Waals surface area contributed by atoms with Gasteiger partial charge in [-0.05, 0) is 30.3 Å². The van der Waals surface area contributed by atoms with E-state index in [4.69, 9.17) is 11.6 Å². The van der Waals surface area contributed by atoms with Gasteiger partial charge in [-0.3, -0.25) is 0 Å². The number of rotatable bonds is 3. The van der Waals surface area contributed by atoms with Crippen LogP contribution in [-0.4, -0.2) is 19.7 Å². The van der Waals surface area contributed by atoms with E-state index in [1.165, 1.54) is 41.5 Å². The van der Waals surface area contributed by atoms with E-state index in [0.717, 1.165) is 0 Å². The summed E-state index contributed by atoms with van der Waals surface area (Å²) in [4.78, 5) is 8.37. The summed E-state index contributed by atoms with van der Waals surface area (Å²) in [7, 11) is 0. The fourth-order valence-corrected chi connectivity index (χ4v) is 2.63.